The van der Waals surface area contributed by atoms with Crippen LogP contribution >= 0.6 is 0 Å². The summed E-state index contributed by atoms with van der Waals surface area (Å²) in [6.07, 6.45) is 7.26. The predicted molar refractivity (Wildman–Crippen MR) is 113 cm³/mol. The Balaban J connectivity index is 1.93. The van der Waals surface area contributed by atoms with Gasteiger partial charge in [-0.3, -0.25) is 4.79 Å². The number of nitriles is 1. The molecular weight excluding hydrogens is 346 g/mol. The molecular formula is C24H29N3O. The second-order valence-electron chi connectivity index (χ2n) is 7.88. The number of aryl methyl sites for hydroxylation is 3. The van der Waals surface area contributed by atoms with E-state index in [-0.39, 0.29) is 17.5 Å². The van der Waals surface area contributed by atoms with Crippen molar-refractivity contribution >= 4 is 12.0 Å². The number of aromatic nitrogens is 1. The second-order valence-corrected chi connectivity index (χ2v) is 7.88. The third-order valence-electron chi connectivity index (χ3n) is 5.74. The summed E-state index contributed by atoms with van der Waals surface area (Å²) in [5.74, 6) is -0.258. The van der Waals surface area contributed by atoms with Gasteiger partial charge >= 0.3 is 0 Å². The van der Waals surface area contributed by atoms with Gasteiger partial charge in [0.05, 0.1) is 5.69 Å². The minimum absolute atomic E-state index is 0.173. The quantitative estimate of drug-likeness (QED) is 0.599. The lowest BCUT2D eigenvalue weighted by atomic mass is 9.95. The normalized spacial score (nSPS) is 15.3. The molecule has 1 aliphatic carbocycles. The van der Waals surface area contributed by atoms with Crippen LogP contribution in [0, 0.1) is 39.0 Å². The van der Waals surface area contributed by atoms with Crippen LogP contribution in [0.1, 0.15) is 60.2 Å². The van der Waals surface area contributed by atoms with E-state index in [1.807, 2.05) is 13.0 Å². The number of hydrogen-bond acceptors (Lipinski definition) is 2. The van der Waals surface area contributed by atoms with E-state index in [1.165, 1.54) is 23.2 Å². The standard InChI is InChI=1S/C24H29N3O/c1-16-9-8-10-17(2)23(16)27-18(3)13-20(19(27)4)14-21(15-25)24(28)26-22-11-6-5-7-12-22/h8-10,13-14,22H,5-7,11-12H2,1-4H3,(H,26,28)/b21-14-. The number of nitrogens with one attached hydrogen (secondary N) is 1. The van der Waals surface area contributed by atoms with E-state index in [1.54, 1.807) is 6.08 Å². The third kappa shape index (κ3) is 4.04. The lowest BCUT2D eigenvalue weighted by molar-refractivity contribution is -0.117. The largest absolute Gasteiger partial charge is 0.349 e. The SMILES string of the molecule is Cc1cccc(C)c1-n1c(C)cc(/C=C(/C#N)C(=O)NC2CCCCC2)c1C. The van der Waals surface area contributed by atoms with E-state index in [9.17, 15) is 10.1 Å². The van der Waals surface area contributed by atoms with E-state index in [2.05, 4.69) is 54.9 Å². The zero-order valence-electron chi connectivity index (χ0n) is 17.3. The molecule has 1 fully saturated rings. The molecule has 3 rings (SSSR count). The van der Waals surface area contributed by atoms with Crippen LogP contribution in [0.2, 0.25) is 0 Å². The molecule has 0 radical (unpaired) electrons. The average molecular weight is 376 g/mol. The summed E-state index contributed by atoms with van der Waals surface area (Å²) in [6, 6.07) is 10.6. The highest BCUT2D eigenvalue weighted by atomic mass is 16.1. The van der Waals surface area contributed by atoms with Crippen molar-refractivity contribution in [3.63, 3.8) is 0 Å². The molecule has 1 aromatic carbocycles. The van der Waals surface area contributed by atoms with Gasteiger partial charge in [-0.05, 0) is 69.4 Å². The zero-order valence-corrected chi connectivity index (χ0v) is 17.3. The fourth-order valence-corrected chi connectivity index (χ4v) is 4.25. The number of benzene rings is 1. The van der Waals surface area contributed by atoms with Gasteiger partial charge in [-0.1, -0.05) is 37.5 Å². The lowest BCUT2D eigenvalue weighted by Crippen LogP contribution is -2.36. The molecule has 1 aliphatic rings. The number of hydrogen-bond donors (Lipinski definition) is 1. The first-order valence-electron chi connectivity index (χ1n) is 10.1. The highest BCUT2D eigenvalue weighted by Crippen LogP contribution is 2.27. The van der Waals surface area contributed by atoms with Crippen LogP contribution in [0.15, 0.2) is 29.8 Å². The van der Waals surface area contributed by atoms with E-state index in [0.717, 1.165) is 42.6 Å². The Morgan fingerprint density at radius 3 is 2.39 bits per heavy atom. The van der Waals surface area contributed by atoms with Crippen molar-refractivity contribution in [1.29, 1.82) is 5.26 Å². The molecule has 1 heterocycles. The van der Waals surface area contributed by atoms with Crippen LogP contribution in [0.3, 0.4) is 0 Å². The maximum atomic E-state index is 12.6. The van der Waals surface area contributed by atoms with Crippen molar-refractivity contribution in [2.75, 3.05) is 0 Å². The van der Waals surface area contributed by atoms with Crippen molar-refractivity contribution in [3.05, 3.63) is 57.9 Å². The molecule has 0 spiro atoms. The summed E-state index contributed by atoms with van der Waals surface area (Å²) in [5.41, 5.74) is 6.78. The van der Waals surface area contributed by atoms with E-state index in [0.29, 0.717) is 0 Å². The molecule has 1 saturated carbocycles. The van der Waals surface area contributed by atoms with Gasteiger partial charge < -0.3 is 9.88 Å². The van der Waals surface area contributed by atoms with Gasteiger partial charge in [0, 0.05) is 17.4 Å². The Bertz CT molecular complexity index is 933. The molecule has 0 bridgehead atoms. The minimum Gasteiger partial charge on any atom is -0.349 e. The van der Waals surface area contributed by atoms with Crippen LogP contribution in [-0.2, 0) is 4.79 Å². The Hall–Kier alpha value is -2.80. The van der Waals surface area contributed by atoms with Crippen molar-refractivity contribution in [3.8, 4) is 11.8 Å². The van der Waals surface area contributed by atoms with E-state index < -0.39 is 0 Å². The molecule has 1 aromatic heterocycles. The summed E-state index contributed by atoms with van der Waals surface area (Å²) in [6.45, 7) is 8.31. The summed E-state index contributed by atoms with van der Waals surface area (Å²) < 4.78 is 2.21. The summed E-state index contributed by atoms with van der Waals surface area (Å²) in [4.78, 5) is 12.6. The fourth-order valence-electron chi connectivity index (χ4n) is 4.25. The number of carbonyl (C=O) groups is 1. The van der Waals surface area contributed by atoms with Crippen LogP contribution < -0.4 is 5.32 Å². The van der Waals surface area contributed by atoms with Crippen LogP contribution in [0.5, 0.6) is 0 Å². The summed E-state index contributed by atoms with van der Waals surface area (Å²) >= 11 is 0. The van der Waals surface area contributed by atoms with E-state index in [4.69, 9.17) is 0 Å². The highest BCUT2D eigenvalue weighted by Gasteiger charge is 2.19. The summed E-state index contributed by atoms with van der Waals surface area (Å²) in [5, 5.41) is 12.6. The number of rotatable bonds is 4. The van der Waals surface area contributed by atoms with Gasteiger partial charge in [0.25, 0.3) is 5.91 Å². The number of amides is 1. The fraction of sp³-hybridized carbons (Fsp3) is 0.417. The Morgan fingerprint density at radius 2 is 1.79 bits per heavy atom. The number of carbonyl (C=O) groups excluding carboxylic acids is 1. The Kier molecular flexibility index (Phi) is 6.04. The van der Waals surface area contributed by atoms with Gasteiger partial charge in [0.2, 0.25) is 0 Å². The maximum absolute atomic E-state index is 12.6. The molecule has 146 valence electrons. The predicted octanol–water partition coefficient (Wildman–Crippen LogP) is 5.07. The second kappa shape index (κ2) is 8.48. The van der Waals surface area contributed by atoms with Crippen LogP contribution in [0.4, 0.5) is 0 Å². The highest BCUT2D eigenvalue weighted by molar-refractivity contribution is 6.02. The van der Waals surface area contributed by atoms with Gasteiger partial charge in [0.1, 0.15) is 11.6 Å². The first-order valence-corrected chi connectivity index (χ1v) is 10.1. The number of nitrogens with zero attached hydrogens (tertiary/aromatic N) is 2. The molecule has 0 aliphatic heterocycles. The topological polar surface area (TPSA) is 57.8 Å². The molecule has 4 heteroatoms. The molecule has 1 amide bonds. The van der Waals surface area contributed by atoms with Crippen LogP contribution in [-0.4, -0.2) is 16.5 Å². The minimum atomic E-state index is -0.258. The molecule has 28 heavy (non-hydrogen) atoms. The third-order valence-corrected chi connectivity index (χ3v) is 5.74. The van der Waals surface area contributed by atoms with Crippen molar-refractivity contribution in [2.45, 2.75) is 65.8 Å². The number of para-hydroxylation sites is 1. The molecule has 0 unspecified atom stereocenters. The maximum Gasteiger partial charge on any atom is 0.262 e. The lowest BCUT2D eigenvalue weighted by Gasteiger charge is -2.22. The van der Waals surface area contributed by atoms with Gasteiger partial charge in [-0.2, -0.15) is 5.26 Å². The van der Waals surface area contributed by atoms with Crippen molar-refractivity contribution < 1.29 is 4.79 Å². The van der Waals surface area contributed by atoms with Gasteiger partial charge in [-0.15, -0.1) is 0 Å². The van der Waals surface area contributed by atoms with Gasteiger partial charge in [0.15, 0.2) is 0 Å². The van der Waals surface area contributed by atoms with Crippen molar-refractivity contribution in [1.82, 2.24) is 9.88 Å². The molecule has 0 atom stereocenters. The molecule has 2 aromatic rings. The molecule has 4 nitrogen and oxygen atoms in total. The summed E-state index contributed by atoms with van der Waals surface area (Å²) in [7, 11) is 0. The zero-order chi connectivity index (χ0) is 20.3. The van der Waals surface area contributed by atoms with Crippen LogP contribution in [0.25, 0.3) is 11.8 Å². The molecule has 0 saturated heterocycles. The monoisotopic (exact) mass is 375 g/mol. The van der Waals surface area contributed by atoms with Crippen molar-refractivity contribution in [2.24, 2.45) is 0 Å². The van der Waals surface area contributed by atoms with Gasteiger partial charge in [-0.25, -0.2) is 0 Å². The smallest absolute Gasteiger partial charge is 0.262 e. The van der Waals surface area contributed by atoms with E-state index >= 15 is 0 Å². The molecule has 1 N–H and O–H groups in total. The first-order chi connectivity index (χ1) is 13.4. The Labute approximate surface area is 167 Å². The average Bonchev–Trinajstić information content (AvgIpc) is 2.94. The Morgan fingerprint density at radius 1 is 1.14 bits per heavy atom. The first kappa shape index (κ1) is 19.9.